The van der Waals surface area contributed by atoms with E-state index in [1.807, 2.05) is 65.8 Å². The Balaban J connectivity index is 1.85. The van der Waals surface area contributed by atoms with Gasteiger partial charge in [-0.1, -0.05) is 30.3 Å². The molecule has 32 heavy (non-hydrogen) atoms. The van der Waals surface area contributed by atoms with E-state index in [1.54, 1.807) is 48.5 Å². The fourth-order valence-corrected chi connectivity index (χ4v) is 4.22. The van der Waals surface area contributed by atoms with E-state index >= 15 is 0 Å². The smallest absolute Gasteiger partial charge is 0.339 e. The lowest BCUT2D eigenvalue weighted by Gasteiger charge is -2.21. The topological polar surface area (TPSA) is 61.8 Å². The van der Waals surface area contributed by atoms with Crippen LogP contribution in [0.1, 0.15) is 41.5 Å². The van der Waals surface area contributed by atoms with Crippen LogP contribution < -0.4 is 13.7 Å². The van der Waals surface area contributed by atoms with Crippen molar-refractivity contribution in [1.82, 2.24) is 0 Å². The summed E-state index contributed by atoms with van der Waals surface area (Å²) in [5, 5.41) is 0. The van der Waals surface area contributed by atoms with Crippen molar-refractivity contribution in [3.63, 3.8) is 0 Å². The van der Waals surface area contributed by atoms with Crippen LogP contribution in [-0.2, 0) is 10.1 Å². The highest BCUT2D eigenvalue weighted by atomic mass is 32.2. The van der Waals surface area contributed by atoms with Crippen molar-refractivity contribution in [1.29, 1.82) is 0 Å². The van der Waals surface area contributed by atoms with Gasteiger partial charge >= 0.3 is 10.1 Å². The van der Waals surface area contributed by atoms with Gasteiger partial charge in [0.25, 0.3) is 0 Å². The minimum Gasteiger partial charge on any atom is -0.488 e. The van der Waals surface area contributed by atoms with Crippen LogP contribution >= 0.6 is 0 Å². The summed E-state index contributed by atoms with van der Waals surface area (Å²) < 4.78 is 43.2. The molecule has 6 heteroatoms. The minimum absolute atomic E-state index is 0.0968. The Morgan fingerprint density at radius 3 is 1.53 bits per heavy atom. The zero-order valence-electron chi connectivity index (χ0n) is 19.4. The van der Waals surface area contributed by atoms with E-state index < -0.39 is 10.1 Å². The van der Waals surface area contributed by atoms with Crippen molar-refractivity contribution in [3.8, 4) is 28.4 Å². The molecule has 3 rings (SSSR count). The van der Waals surface area contributed by atoms with E-state index in [2.05, 4.69) is 0 Å². The zero-order chi connectivity index (χ0) is 23.6. The van der Waals surface area contributed by atoms with E-state index in [-0.39, 0.29) is 21.8 Å². The maximum Gasteiger partial charge on any atom is 0.339 e. The highest BCUT2D eigenvalue weighted by Gasteiger charge is 2.22. The average Bonchev–Trinajstić information content (AvgIpc) is 2.68. The standard InChI is InChI=1S/C26H30O5S/c1-25(2,3)29-20-13-11-19(12-14-20)23-9-7-8-10-24(23)32(27,28)31-22-17-15-21(16-18-22)30-26(4,5)6/h7-18H,1-6H3. The largest absolute Gasteiger partial charge is 0.488 e. The molecular weight excluding hydrogens is 424 g/mol. The van der Waals surface area contributed by atoms with E-state index in [9.17, 15) is 8.42 Å². The molecule has 5 nitrogen and oxygen atoms in total. The molecule has 0 spiro atoms. The van der Waals surface area contributed by atoms with Crippen LogP contribution in [0.2, 0.25) is 0 Å². The van der Waals surface area contributed by atoms with Gasteiger partial charge in [-0.15, -0.1) is 0 Å². The number of benzene rings is 3. The molecule has 0 heterocycles. The van der Waals surface area contributed by atoms with Gasteiger partial charge in [0, 0.05) is 5.56 Å². The Bertz CT molecular complexity index is 1150. The molecule has 0 bridgehead atoms. The highest BCUT2D eigenvalue weighted by molar-refractivity contribution is 7.87. The lowest BCUT2D eigenvalue weighted by atomic mass is 10.1. The summed E-state index contributed by atoms with van der Waals surface area (Å²) in [5.74, 6) is 1.57. The van der Waals surface area contributed by atoms with Crippen molar-refractivity contribution in [3.05, 3.63) is 72.8 Å². The maximum absolute atomic E-state index is 13.1. The Hall–Kier alpha value is -2.99. The third-order valence-corrected chi connectivity index (χ3v) is 5.51. The van der Waals surface area contributed by atoms with Gasteiger partial charge in [0.15, 0.2) is 0 Å². The first-order valence-corrected chi connectivity index (χ1v) is 11.9. The summed E-state index contributed by atoms with van der Waals surface area (Å²) in [6.45, 7) is 11.8. The van der Waals surface area contributed by atoms with Gasteiger partial charge in [-0.05, 0) is 89.6 Å². The molecule has 170 valence electrons. The van der Waals surface area contributed by atoms with E-state index in [4.69, 9.17) is 13.7 Å². The summed E-state index contributed by atoms with van der Waals surface area (Å²) in [5.41, 5.74) is 0.649. The summed E-state index contributed by atoms with van der Waals surface area (Å²) in [4.78, 5) is 0.0968. The fraction of sp³-hybridized carbons (Fsp3) is 0.308. The first-order valence-electron chi connectivity index (χ1n) is 10.4. The molecule has 3 aromatic carbocycles. The Morgan fingerprint density at radius 1 is 0.594 bits per heavy atom. The maximum atomic E-state index is 13.1. The van der Waals surface area contributed by atoms with Crippen LogP contribution in [0.5, 0.6) is 17.2 Å². The van der Waals surface area contributed by atoms with Gasteiger partial charge in [-0.2, -0.15) is 8.42 Å². The van der Waals surface area contributed by atoms with Gasteiger partial charge in [0.2, 0.25) is 0 Å². The summed E-state index contributed by atoms with van der Waals surface area (Å²) >= 11 is 0. The van der Waals surface area contributed by atoms with Gasteiger partial charge in [0.05, 0.1) is 0 Å². The van der Waals surface area contributed by atoms with Crippen LogP contribution in [0.25, 0.3) is 11.1 Å². The fourth-order valence-electron chi connectivity index (χ4n) is 3.07. The summed E-state index contributed by atoms with van der Waals surface area (Å²) in [6.07, 6.45) is 0. The van der Waals surface area contributed by atoms with Crippen molar-refractivity contribution in [2.45, 2.75) is 57.6 Å². The Labute approximate surface area is 191 Å². The second-order valence-electron chi connectivity index (χ2n) is 9.46. The van der Waals surface area contributed by atoms with Crippen molar-refractivity contribution >= 4 is 10.1 Å². The summed E-state index contributed by atoms with van der Waals surface area (Å²) in [7, 11) is -4.05. The van der Waals surface area contributed by atoms with Crippen molar-refractivity contribution in [2.75, 3.05) is 0 Å². The zero-order valence-corrected chi connectivity index (χ0v) is 20.2. The molecule has 3 aromatic rings. The predicted octanol–water partition coefficient (Wildman–Crippen LogP) is 6.48. The predicted molar refractivity (Wildman–Crippen MR) is 127 cm³/mol. The molecule has 0 N–H and O–H groups in total. The van der Waals surface area contributed by atoms with Crippen LogP contribution in [0.15, 0.2) is 77.7 Å². The van der Waals surface area contributed by atoms with E-state index in [0.717, 1.165) is 11.3 Å². The lowest BCUT2D eigenvalue weighted by molar-refractivity contribution is 0.130. The first-order chi connectivity index (χ1) is 14.8. The molecule has 0 radical (unpaired) electrons. The molecule has 0 amide bonds. The monoisotopic (exact) mass is 454 g/mol. The normalized spacial score (nSPS) is 12.3. The number of hydrogen-bond acceptors (Lipinski definition) is 5. The number of hydrogen-bond donors (Lipinski definition) is 0. The molecule has 0 atom stereocenters. The SMILES string of the molecule is CC(C)(C)Oc1ccc(OS(=O)(=O)c2ccccc2-c2ccc(OC(C)(C)C)cc2)cc1. The third kappa shape index (κ3) is 6.50. The average molecular weight is 455 g/mol. The highest BCUT2D eigenvalue weighted by Crippen LogP contribution is 2.32. The molecule has 0 unspecified atom stereocenters. The Kier molecular flexibility index (Phi) is 6.56. The Morgan fingerprint density at radius 2 is 1.03 bits per heavy atom. The van der Waals surface area contributed by atoms with Gasteiger partial charge in [-0.3, -0.25) is 0 Å². The number of ether oxygens (including phenoxy) is 2. The molecule has 0 aliphatic rings. The third-order valence-electron chi connectivity index (χ3n) is 4.20. The van der Waals surface area contributed by atoms with Gasteiger partial charge in [-0.25, -0.2) is 0 Å². The second kappa shape index (κ2) is 8.87. The van der Waals surface area contributed by atoms with Crippen LogP contribution in [-0.4, -0.2) is 19.6 Å². The van der Waals surface area contributed by atoms with Gasteiger partial charge < -0.3 is 13.7 Å². The molecular formula is C26H30O5S. The van der Waals surface area contributed by atoms with E-state index in [1.165, 1.54) is 0 Å². The van der Waals surface area contributed by atoms with Gasteiger partial charge in [0.1, 0.15) is 33.3 Å². The van der Waals surface area contributed by atoms with Crippen molar-refractivity contribution < 1.29 is 22.1 Å². The molecule has 0 aliphatic heterocycles. The molecule has 0 fully saturated rings. The number of rotatable bonds is 6. The quantitative estimate of drug-likeness (QED) is 0.399. The van der Waals surface area contributed by atoms with Crippen LogP contribution in [0.3, 0.4) is 0 Å². The first kappa shape index (κ1) is 23.7. The van der Waals surface area contributed by atoms with E-state index in [0.29, 0.717) is 11.3 Å². The minimum atomic E-state index is -4.05. The second-order valence-corrected chi connectivity index (χ2v) is 11.0. The summed E-state index contributed by atoms with van der Waals surface area (Å²) in [6, 6.07) is 20.7. The molecule has 0 saturated carbocycles. The van der Waals surface area contributed by atoms with Crippen LogP contribution in [0, 0.1) is 0 Å². The van der Waals surface area contributed by atoms with Crippen molar-refractivity contribution in [2.24, 2.45) is 0 Å². The molecule has 0 aliphatic carbocycles. The van der Waals surface area contributed by atoms with Crippen LogP contribution in [0.4, 0.5) is 0 Å². The molecule has 0 saturated heterocycles. The lowest BCUT2D eigenvalue weighted by Crippen LogP contribution is -2.22. The molecule has 0 aromatic heterocycles.